The summed E-state index contributed by atoms with van der Waals surface area (Å²) in [5, 5.41) is 0.920. The van der Waals surface area contributed by atoms with Gasteiger partial charge in [0.25, 0.3) is 0 Å². The average molecular weight is 348 g/mol. The van der Waals surface area contributed by atoms with Gasteiger partial charge in [-0.2, -0.15) is 0 Å². The van der Waals surface area contributed by atoms with Crippen molar-refractivity contribution in [3.63, 3.8) is 0 Å². The zero-order valence-corrected chi connectivity index (χ0v) is 15.2. The van der Waals surface area contributed by atoms with Crippen molar-refractivity contribution in [2.45, 2.75) is 6.92 Å². The van der Waals surface area contributed by atoms with E-state index in [0.717, 1.165) is 11.1 Å². The zero-order chi connectivity index (χ0) is 17.5. The van der Waals surface area contributed by atoms with Crippen molar-refractivity contribution in [3.8, 4) is 23.0 Å². The molecule has 2 rings (SSSR count). The highest BCUT2D eigenvalue weighted by Gasteiger charge is 2.20. The lowest BCUT2D eigenvalue weighted by atomic mass is 10.2. The molecule has 6 heteroatoms. The predicted octanol–water partition coefficient (Wildman–Crippen LogP) is 3.26. The first-order chi connectivity index (χ1) is 11.6. The first kappa shape index (κ1) is 18.1. The molecule has 0 aliphatic heterocycles. The zero-order valence-electron chi connectivity index (χ0n) is 14.2. The van der Waals surface area contributed by atoms with E-state index in [0.29, 0.717) is 29.4 Å². The summed E-state index contributed by atoms with van der Waals surface area (Å²) in [5.74, 6) is 2.24. The van der Waals surface area contributed by atoms with Gasteiger partial charge < -0.3 is 18.9 Å². The maximum atomic E-state index is 12.8. The second-order valence-corrected chi connectivity index (χ2v) is 6.10. The average Bonchev–Trinajstić information content (AvgIpc) is 2.62. The molecule has 0 N–H and O–H groups in total. The summed E-state index contributed by atoms with van der Waals surface area (Å²) in [6.07, 6.45) is 0. The normalized spacial score (nSPS) is 10.7. The molecule has 0 radical (unpaired) electrons. The third-order valence-corrected chi connectivity index (χ3v) is 4.46. The minimum Gasteiger partial charge on any atom is -0.496 e. The molecule has 0 amide bonds. The van der Waals surface area contributed by atoms with Crippen LogP contribution in [0.15, 0.2) is 36.4 Å². The van der Waals surface area contributed by atoms with E-state index in [4.69, 9.17) is 18.9 Å². The largest absolute Gasteiger partial charge is 0.496 e. The van der Waals surface area contributed by atoms with Crippen LogP contribution in [-0.2, 0) is 0 Å². The van der Waals surface area contributed by atoms with E-state index in [1.807, 2.05) is 31.2 Å². The van der Waals surface area contributed by atoms with Crippen LogP contribution in [0.2, 0.25) is 0 Å². The lowest BCUT2D eigenvalue weighted by molar-refractivity contribution is 0.108. The van der Waals surface area contributed by atoms with E-state index < -0.39 is 0 Å². The minimum absolute atomic E-state index is 0.0449. The van der Waals surface area contributed by atoms with Crippen LogP contribution in [0.25, 0.3) is 0 Å². The van der Waals surface area contributed by atoms with Gasteiger partial charge in [-0.25, -0.2) is 0 Å². The highest BCUT2D eigenvalue weighted by molar-refractivity contribution is 7.66. The third kappa shape index (κ3) is 4.18. The number of rotatable bonds is 8. The molecular formula is C18H21O5P. The van der Waals surface area contributed by atoms with Gasteiger partial charge in [0.15, 0.2) is 5.52 Å². The summed E-state index contributed by atoms with van der Waals surface area (Å²) in [5.41, 5.74) is 0.364. The molecule has 2 aromatic carbocycles. The molecule has 0 saturated heterocycles. The SMILES string of the molecule is CCOc1ccc(PC(=O)c2c(OC)cc(OC)cc2OC)cc1. The minimum atomic E-state index is -0.0597. The Kier molecular flexibility index (Phi) is 6.44. The van der Waals surface area contributed by atoms with Crippen molar-refractivity contribution < 1.29 is 23.7 Å². The van der Waals surface area contributed by atoms with Crippen LogP contribution in [0.3, 0.4) is 0 Å². The molecule has 0 aliphatic carbocycles. The highest BCUT2D eigenvalue weighted by atomic mass is 31.1. The van der Waals surface area contributed by atoms with Crippen molar-refractivity contribution in [3.05, 3.63) is 42.0 Å². The van der Waals surface area contributed by atoms with E-state index in [9.17, 15) is 4.79 Å². The quantitative estimate of drug-likeness (QED) is 0.686. The topological polar surface area (TPSA) is 54.0 Å². The monoisotopic (exact) mass is 348 g/mol. The lowest BCUT2D eigenvalue weighted by Gasteiger charge is -2.14. The Labute approximate surface area is 143 Å². The summed E-state index contributed by atoms with van der Waals surface area (Å²) in [6.45, 7) is 2.54. The van der Waals surface area contributed by atoms with Crippen LogP contribution in [0, 0.1) is 0 Å². The van der Waals surface area contributed by atoms with Crippen molar-refractivity contribution in [2.24, 2.45) is 0 Å². The van der Waals surface area contributed by atoms with Gasteiger partial charge in [-0.05, 0) is 32.9 Å². The number of carbonyl (C=O) groups is 1. The van der Waals surface area contributed by atoms with Gasteiger partial charge in [0, 0.05) is 12.1 Å². The van der Waals surface area contributed by atoms with Crippen LogP contribution in [0.4, 0.5) is 0 Å². The molecule has 0 saturated carbocycles. The number of methoxy groups -OCH3 is 3. The predicted molar refractivity (Wildman–Crippen MR) is 96.0 cm³/mol. The number of carbonyl (C=O) groups excluding carboxylic acids is 1. The van der Waals surface area contributed by atoms with Crippen LogP contribution in [0.5, 0.6) is 23.0 Å². The van der Waals surface area contributed by atoms with Crippen molar-refractivity contribution >= 4 is 19.4 Å². The Bertz CT molecular complexity index is 672. The van der Waals surface area contributed by atoms with Gasteiger partial charge in [0.2, 0.25) is 0 Å². The highest BCUT2D eigenvalue weighted by Crippen LogP contribution is 2.37. The van der Waals surface area contributed by atoms with E-state index in [1.165, 1.54) is 14.2 Å². The lowest BCUT2D eigenvalue weighted by Crippen LogP contribution is -2.06. The first-order valence-corrected chi connectivity index (χ1v) is 8.47. The number of hydrogen-bond acceptors (Lipinski definition) is 5. The Morgan fingerprint density at radius 2 is 1.50 bits per heavy atom. The molecular weight excluding hydrogens is 327 g/mol. The van der Waals surface area contributed by atoms with Crippen molar-refractivity contribution in [1.29, 1.82) is 0 Å². The Balaban J connectivity index is 2.28. The summed E-state index contributed by atoms with van der Waals surface area (Å²) in [7, 11) is 4.55. The van der Waals surface area contributed by atoms with Gasteiger partial charge in [-0.15, -0.1) is 0 Å². The van der Waals surface area contributed by atoms with Crippen LogP contribution >= 0.6 is 8.58 Å². The fourth-order valence-corrected chi connectivity index (χ4v) is 3.19. The standard InChI is InChI=1S/C18H21O5P/c1-5-23-12-6-8-14(9-7-12)24-18(19)17-15(21-3)10-13(20-2)11-16(17)22-4/h6-11,24H,5H2,1-4H3. The van der Waals surface area contributed by atoms with E-state index in [-0.39, 0.29) is 14.1 Å². The first-order valence-electron chi connectivity index (χ1n) is 7.47. The van der Waals surface area contributed by atoms with Crippen LogP contribution in [0.1, 0.15) is 17.3 Å². The maximum absolute atomic E-state index is 12.8. The van der Waals surface area contributed by atoms with Gasteiger partial charge in [0.05, 0.1) is 27.9 Å². The molecule has 0 aliphatic rings. The second kappa shape index (κ2) is 8.55. The van der Waals surface area contributed by atoms with E-state index in [1.54, 1.807) is 19.2 Å². The second-order valence-electron chi connectivity index (χ2n) is 4.82. The fraction of sp³-hybridized carbons (Fsp3) is 0.278. The van der Waals surface area contributed by atoms with Gasteiger partial charge in [0.1, 0.15) is 28.6 Å². The fourth-order valence-electron chi connectivity index (χ4n) is 2.22. The third-order valence-electron chi connectivity index (χ3n) is 3.37. The molecule has 0 fully saturated rings. The molecule has 1 unspecified atom stereocenters. The number of benzene rings is 2. The molecule has 0 heterocycles. The number of hydrogen-bond donors (Lipinski definition) is 0. The maximum Gasteiger partial charge on any atom is 0.193 e. The molecule has 2 aromatic rings. The van der Waals surface area contributed by atoms with Gasteiger partial charge in [-0.3, -0.25) is 4.79 Å². The molecule has 128 valence electrons. The molecule has 0 bridgehead atoms. The summed E-state index contributed by atoms with van der Waals surface area (Å²) < 4.78 is 21.3. The molecule has 5 nitrogen and oxygen atoms in total. The molecule has 24 heavy (non-hydrogen) atoms. The Hall–Kier alpha value is -2.26. The van der Waals surface area contributed by atoms with Crippen LogP contribution < -0.4 is 24.3 Å². The molecule has 0 aromatic heterocycles. The molecule has 0 spiro atoms. The summed E-state index contributed by atoms with van der Waals surface area (Å²) in [4.78, 5) is 12.8. The molecule has 1 atom stereocenters. The van der Waals surface area contributed by atoms with E-state index >= 15 is 0 Å². The number of ether oxygens (including phenoxy) is 4. The van der Waals surface area contributed by atoms with Crippen molar-refractivity contribution in [1.82, 2.24) is 0 Å². The van der Waals surface area contributed by atoms with E-state index in [2.05, 4.69) is 0 Å². The summed E-state index contributed by atoms with van der Waals surface area (Å²) in [6, 6.07) is 10.9. The van der Waals surface area contributed by atoms with Crippen molar-refractivity contribution in [2.75, 3.05) is 27.9 Å². The Morgan fingerprint density at radius 1 is 0.917 bits per heavy atom. The Morgan fingerprint density at radius 3 is 1.96 bits per heavy atom. The van der Waals surface area contributed by atoms with Gasteiger partial charge >= 0.3 is 0 Å². The van der Waals surface area contributed by atoms with Gasteiger partial charge in [-0.1, -0.05) is 12.1 Å². The van der Waals surface area contributed by atoms with Crippen LogP contribution in [-0.4, -0.2) is 33.5 Å². The summed E-state index contributed by atoms with van der Waals surface area (Å²) >= 11 is 0. The smallest absolute Gasteiger partial charge is 0.193 e.